The predicted molar refractivity (Wildman–Crippen MR) is 73.0 cm³/mol. The molecule has 0 spiro atoms. The first kappa shape index (κ1) is 14.9. The van der Waals surface area contributed by atoms with Crippen LogP contribution < -0.4 is 10.5 Å². The van der Waals surface area contributed by atoms with Crippen molar-refractivity contribution >= 4 is 31.9 Å². The summed E-state index contributed by atoms with van der Waals surface area (Å²) >= 11 is 3.05. The summed E-state index contributed by atoms with van der Waals surface area (Å²) < 4.78 is 26.6. The van der Waals surface area contributed by atoms with Crippen molar-refractivity contribution in [2.75, 3.05) is 6.54 Å². The maximum absolute atomic E-state index is 11.9. The summed E-state index contributed by atoms with van der Waals surface area (Å²) in [6.45, 7) is 5.28. The highest BCUT2D eigenvalue weighted by atomic mass is 79.9. The number of primary amides is 1. The minimum Gasteiger partial charge on any atom is -0.366 e. The molecule has 0 aliphatic rings. The van der Waals surface area contributed by atoms with Crippen LogP contribution in [0.1, 0.15) is 15.9 Å². The molecule has 3 N–H and O–H groups in total. The second-order valence-electron chi connectivity index (χ2n) is 3.68. The van der Waals surface area contributed by atoms with Crippen LogP contribution >= 0.6 is 15.9 Å². The summed E-state index contributed by atoms with van der Waals surface area (Å²) in [5.41, 5.74) is 5.99. The van der Waals surface area contributed by atoms with Crippen LogP contribution in [0.2, 0.25) is 0 Å². The number of hydrogen-bond donors (Lipinski definition) is 2. The zero-order valence-corrected chi connectivity index (χ0v) is 12.1. The van der Waals surface area contributed by atoms with Gasteiger partial charge in [0, 0.05) is 16.6 Å². The smallest absolute Gasteiger partial charge is 0.249 e. The normalized spacial score (nSPS) is 11.2. The standard InChI is InChI=1S/C11H13BrN2O3S/c1-7-3-4-9(5-10(7)11(13)15)18(16,17)14-6-8(2)12/h3-5,14H,2,6H2,1H3,(H2,13,15). The van der Waals surface area contributed by atoms with Gasteiger partial charge >= 0.3 is 0 Å². The van der Waals surface area contributed by atoms with Crippen LogP contribution in [0.5, 0.6) is 0 Å². The van der Waals surface area contributed by atoms with E-state index in [4.69, 9.17) is 5.73 Å². The van der Waals surface area contributed by atoms with Gasteiger partial charge in [-0.3, -0.25) is 4.79 Å². The molecular formula is C11H13BrN2O3S. The van der Waals surface area contributed by atoms with Crippen LogP contribution in [-0.2, 0) is 10.0 Å². The molecule has 0 atom stereocenters. The highest BCUT2D eigenvalue weighted by molar-refractivity contribution is 9.11. The molecule has 1 aromatic rings. The van der Waals surface area contributed by atoms with Crippen LogP contribution in [-0.4, -0.2) is 20.9 Å². The van der Waals surface area contributed by atoms with E-state index in [0.29, 0.717) is 10.0 Å². The Labute approximate surface area is 114 Å². The van der Waals surface area contributed by atoms with E-state index < -0.39 is 15.9 Å². The monoisotopic (exact) mass is 332 g/mol. The summed E-state index contributed by atoms with van der Waals surface area (Å²) in [7, 11) is -3.68. The molecule has 0 bridgehead atoms. The van der Waals surface area contributed by atoms with Crippen molar-refractivity contribution in [3.63, 3.8) is 0 Å². The third-order valence-electron chi connectivity index (χ3n) is 2.24. The number of benzene rings is 1. The van der Waals surface area contributed by atoms with E-state index in [1.54, 1.807) is 6.92 Å². The number of sulfonamides is 1. The van der Waals surface area contributed by atoms with Crippen LogP contribution in [0, 0.1) is 6.92 Å². The number of rotatable bonds is 5. The molecule has 5 nitrogen and oxygen atoms in total. The van der Waals surface area contributed by atoms with E-state index in [1.807, 2.05) is 0 Å². The molecular weight excluding hydrogens is 320 g/mol. The van der Waals surface area contributed by atoms with E-state index >= 15 is 0 Å². The minimum atomic E-state index is -3.68. The molecule has 0 saturated heterocycles. The van der Waals surface area contributed by atoms with E-state index in [1.165, 1.54) is 18.2 Å². The fraction of sp³-hybridized carbons (Fsp3) is 0.182. The van der Waals surface area contributed by atoms with Crippen molar-refractivity contribution in [1.29, 1.82) is 0 Å². The Balaban J connectivity index is 3.14. The van der Waals surface area contributed by atoms with Crippen LogP contribution in [0.3, 0.4) is 0 Å². The number of hydrogen-bond acceptors (Lipinski definition) is 3. The van der Waals surface area contributed by atoms with E-state index in [2.05, 4.69) is 27.2 Å². The van der Waals surface area contributed by atoms with Crippen molar-refractivity contribution < 1.29 is 13.2 Å². The molecule has 1 amide bonds. The van der Waals surface area contributed by atoms with E-state index in [0.717, 1.165) is 0 Å². The van der Waals surface area contributed by atoms with Crippen molar-refractivity contribution in [2.45, 2.75) is 11.8 Å². The number of aryl methyl sites for hydroxylation is 1. The number of nitrogens with one attached hydrogen (secondary N) is 1. The lowest BCUT2D eigenvalue weighted by molar-refractivity contribution is 0.0999. The molecule has 18 heavy (non-hydrogen) atoms. The Hall–Kier alpha value is -1.18. The molecule has 0 saturated carbocycles. The molecule has 0 heterocycles. The van der Waals surface area contributed by atoms with Gasteiger partial charge in [-0.25, -0.2) is 13.1 Å². The Morgan fingerprint density at radius 1 is 1.50 bits per heavy atom. The Kier molecular flexibility index (Phi) is 4.66. The first-order valence-electron chi connectivity index (χ1n) is 4.97. The lowest BCUT2D eigenvalue weighted by atomic mass is 10.1. The zero-order chi connectivity index (χ0) is 13.9. The van der Waals surface area contributed by atoms with E-state index in [9.17, 15) is 13.2 Å². The summed E-state index contributed by atoms with van der Waals surface area (Å²) in [6, 6.07) is 4.22. The number of halogens is 1. The molecule has 0 radical (unpaired) electrons. The third-order valence-corrected chi connectivity index (χ3v) is 3.92. The average Bonchev–Trinajstić information content (AvgIpc) is 2.26. The number of carbonyl (C=O) groups excluding carboxylic acids is 1. The second-order valence-corrected chi connectivity index (χ2v) is 6.57. The molecule has 0 unspecified atom stereocenters. The predicted octanol–water partition coefficient (Wildman–Crippen LogP) is 1.28. The molecule has 1 rings (SSSR count). The van der Waals surface area contributed by atoms with Gasteiger partial charge in [0.15, 0.2) is 0 Å². The average molecular weight is 333 g/mol. The van der Waals surface area contributed by atoms with Crippen LogP contribution in [0.4, 0.5) is 0 Å². The number of carbonyl (C=O) groups is 1. The zero-order valence-electron chi connectivity index (χ0n) is 9.73. The molecule has 0 aliphatic heterocycles. The third kappa shape index (κ3) is 3.66. The van der Waals surface area contributed by atoms with Crippen molar-refractivity contribution in [3.05, 3.63) is 40.4 Å². The Morgan fingerprint density at radius 3 is 2.61 bits per heavy atom. The fourth-order valence-electron chi connectivity index (χ4n) is 1.29. The minimum absolute atomic E-state index is 0.00403. The molecule has 0 fully saturated rings. The molecule has 7 heteroatoms. The number of nitrogens with two attached hydrogens (primary N) is 1. The SMILES string of the molecule is C=C(Br)CNS(=O)(=O)c1ccc(C)c(C(N)=O)c1. The van der Waals surface area contributed by atoms with Crippen molar-refractivity contribution in [1.82, 2.24) is 4.72 Å². The van der Waals surface area contributed by atoms with Gasteiger partial charge in [0.1, 0.15) is 0 Å². The van der Waals surface area contributed by atoms with Gasteiger partial charge in [0.25, 0.3) is 0 Å². The van der Waals surface area contributed by atoms with Crippen molar-refractivity contribution in [2.24, 2.45) is 5.73 Å². The van der Waals surface area contributed by atoms with Crippen LogP contribution in [0.25, 0.3) is 0 Å². The first-order valence-corrected chi connectivity index (χ1v) is 7.25. The fourth-order valence-corrected chi connectivity index (χ4v) is 2.67. The highest BCUT2D eigenvalue weighted by Gasteiger charge is 2.16. The molecule has 1 aromatic carbocycles. The van der Waals surface area contributed by atoms with E-state index in [-0.39, 0.29) is 17.0 Å². The van der Waals surface area contributed by atoms with Gasteiger partial charge in [-0.05, 0) is 24.6 Å². The number of amides is 1. The molecule has 0 aliphatic carbocycles. The van der Waals surface area contributed by atoms with Gasteiger partial charge in [0.2, 0.25) is 15.9 Å². The van der Waals surface area contributed by atoms with Gasteiger partial charge in [-0.15, -0.1) is 0 Å². The van der Waals surface area contributed by atoms with Gasteiger partial charge in [0.05, 0.1) is 4.90 Å². The summed E-state index contributed by atoms with van der Waals surface area (Å²) in [4.78, 5) is 11.1. The van der Waals surface area contributed by atoms with Gasteiger partial charge < -0.3 is 5.73 Å². The first-order chi connectivity index (χ1) is 8.24. The molecule has 98 valence electrons. The quantitative estimate of drug-likeness (QED) is 0.851. The van der Waals surface area contributed by atoms with Gasteiger partial charge in [-0.1, -0.05) is 28.6 Å². The maximum Gasteiger partial charge on any atom is 0.249 e. The highest BCUT2D eigenvalue weighted by Crippen LogP contribution is 2.15. The van der Waals surface area contributed by atoms with Crippen LogP contribution in [0.15, 0.2) is 34.2 Å². The topological polar surface area (TPSA) is 89.3 Å². The lowest BCUT2D eigenvalue weighted by Crippen LogP contribution is -2.25. The maximum atomic E-state index is 11.9. The second kappa shape index (κ2) is 5.64. The van der Waals surface area contributed by atoms with Gasteiger partial charge in [-0.2, -0.15) is 0 Å². The summed E-state index contributed by atoms with van der Waals surface area (Å²) in [6.07, 6.45) is 0. The molecule has 0 aromatic heterocycles. The lowest BCUT2D eigenvalue weighted by Gasteiger charge is -2.08. The Bertz CT molecular complexity index is 596. The van der Waals surface area contributed by atoms with Crippen molar-refractivity contribution in [3.8, 4) is 0 Å². The largest absolute Gasteiger partial charge is 0.366 e. The Morgan fingerprint density at radius 2 is 2.11 bits per heavy atom. The summed E-state index contributed by atoms with van der Waals surface area (Å²) in [5, 5.41) is 0. The summed E-state index contributed by atoms with van der Waals surface area (Å²) in [5.74, 6) is -0.658.